The van der Waals surface area contributed by atoms with Crippen LogP contribution in [0.2, 0.25) is 15.1 Å². The van der Waals surface area contributed by atoms with Crippen LogP contribution in [0, 0.1) is 7.43 Å². The monoisotopic (exact) mass is 436 g/mol. The predicted molar refractivity (Wildman–Crippen MR) is 85.2 cm³/mol. The average molecular weight is 437 g/mol. The quantitative estimate of drug-likeness (QED) is 0.248. The second kappa shape index (κ2) is 10.5. The van der Waals surface area contributed by atoms with Gasteiger partial charge in [0, 0.05) is 6.20 Å². The van der Waals surface area contributed by atoms with Gasteiger partial charge in [-0.2, -0.15) is 0 Å². The molecule has 0 fully saturated rings. The topological polar surface area (TPSA) is 25.2 Å². The van der Waals surface area contributed by atoms with Crippen LogP contribution < -0.4 is 0 Å². The van der Waals surface area contributed by atoms with Gasteiger partial charge in [0.2, 0.25) is 0 Å². The van der Waals surface area contributed by atoms with E-state index >= 15 is 0 Å². The van der Waals surface area contributed by atoms with Crippen LogP contribution in [0.25, 0.3) is 0 Å². The van der Waals surface area contributed by atoms with Gasteiger partial charge >= 0.3 is 27.0 Å². The Morgan fingerprint density at radius 1 is 1.00 bits per heavy atom. The molecule has 0 saturated heterocycles. The average Bonchev–Trinajstić information content (AvgIpc) is 2.45. The first kappa shape index (κ1) is 19.8. The number of hydrogen-bond acceptors (Lipinski definition) is 2. The van der Waals surface area contributed by atoms with E-state index in [4.69, 9.17) is 34.8 Å². The molecule has 0 unspecified atom stereocenters. The van der Waals surface area contributed by atoms with Crippen molar-refractivity contribution in [3.05, 3.63) is 64.7 Å². The molecule has 0 amide bonds. The molecule has 1 aromatic heterocycles. The van der Waals surface area contributed by atoms with Crippen molar-refractivity contribution in [3.8, 4) is 0 Å². The van der Waals surface area contributed by atoms with E-state index in [1.54, 1.807) is 24.5 Å². The number of benzene rings is 1. The molecule has 7 heteroatoms. The van der Waals surface area contributed by atoms with Gasteiger partial charge in [0.15, 0.2) is 0 Å². The van der Waals surface area contributed by atoms with E-state index in [-0.39, 0.29) is 7.43 Å². The van der Waals surface area contributed by atoms with Crippen LogP contribution in [0.1, 0.15) is 5.69 Å². The van der Waals surface area contributed by atoms with Crippen LogP contribution in [-0.4, -0.2) is 11.2 Å². The molecule has 0 atom stereocenters. The zero-order valence-corrected chi connectivity index (χ0v) is 15.1. The van der Waals surface area contributed by atoms with Crippen LogP contribution >= 0.6 is 44.5 Å². The molecular weight excluding hydrogens is 427 g/mol. The van der Waals surface area contributed by atoms with E-state index in [1.165, 1.54) is 0 Å². The second-order valence-corrected chi connectivity index (χ2v) is 4.45. The Hall–Kier alpha value is -0.177. The van der Waals surface area contributed by atoms with Crippen molar-refractivity contribution in [3.63, 3.8) is 0 Å². The number of nitrogens with zero attached hydrogens (tertiary/aromatic N) is 2. The third kappa shape index (κ3) is 6.07. The van der Waals surface area contributed by atoms with E-state index in [2.05, 4.69) is 19.7 Å². The van der Waals surface area contributed by atoms with Crippen molar-refractivity contribution >= 4 is 56.4 Å². The van der Waals surface area contributed by atoms with Crippen LogP contribution in [0.15, 0.2) is 41.5 Å². The summed E-state index contributed by atoms with van der Waals surface area (Å²) in [5.74, 6) is 0. The Morgan fingerprint density at radius 3 is 2.25 bits per heavy atom. The van der Waals surface area contributed by atoms with Crippen LogP contribution in [-0.2, 0) is 17.3 Å². The molecule has 2 rings (SSSR count). The molecule has 20 heavy (non-hydrogen) atoms. The molecule has 107 valence electrons. The molecule has 0 aliphatic carbocycles. The minimum absolute atomic E-state index is 0. The Balaban J connectivity index is 0.00000115. The van der Waals surface area contributed by atoms with E-state index in [0.717, 1.165) is 5.69 Å². The second-order valence-electron chi connectivity index (χ2n) is 3.23. The third-order valence-electron chi connectivity index (χ3n) is 2.01. The molecule has 0 radical (unpaired) electrons. The molecule has 1 heterocycles. The molecular formula is C13H10Cl4N2Ru+. The number of halogens is 4. The van der Waals surface area contributed by atoms with Gasteiger partial charge in [0.25, 0.3) is 0 Å². The molecule has 2 aromatic rings. The van der Waals surface area contributed by atoms with Crippen molar-refractivity contribution in [2.24, 2.45) is 4.99 Å². The summed E-state index contributed by atoms with van der Waals surface area (Å²) in [5, 5.41) is 1.28. The molecule has 0 aliphatic heterocycles. The molecule has 1 aromatic carbocycles. The molecule has 0 aliphatic rings. The molecule has 0 saturated carbocycles. The summed E-state index contributed by atoms with van der Waals surface area (Å²) in [7, 11) is 4.57. The Morgan fingerprint density at radius 2 is 1.65 bits per heavy atom. The van der Waals surface area contributed by atoms with Gasteiger partial charge in [-0.1, -0.05) is 40.9 Å². The van der Waals surface area contributed by atoms with Crippen LogP contribution in [0.3, 0.4) is 0 Å². The van der Waals surface area contributed by atoms with Gasteiger partial charge in [-0.05, 0) is 24.3 Å². The third-order valence-corrected chi connectivity index (χ3v) is 3.04. The first-order valence-electron chi connectivity index (χ1n) is 4.90. The van der Waals surface area contributed by atoms with Gasteiger partial charge in [-0.3, -0.25) is 9.98 Å². The van der Waals surface area contributed by atoms with Crippen molar-refractivity contribution in [2.45, 2.75) is 0 Å². The maximum absolute atomic E-state index is 5.99. The minimum atomic E-state index is 0. The zero-order chi connectivity index (χ0) is 14.3. The molecule has 2 nitrogen and oxygen atoms in total. The van der Waals surface area contributed by atoms with E-state index in [1.807, 2.05) is 35.5 Å². The fourth-order valence-electron chi connectivity index (χ4n) is 1.20. The molecule has 0 N–H and O–H groups in total. The van der Waals surface area contributed by atoms with Gasteiger partial charge in [-0.25, -0.2) is 0 Å². The Kier molecular flexibility index (Phi) is 10.4. The number of aliphatic imine (C=N–C) groups is 1. The van der Waals surface area contributed by atoms with Crippen LogP contribution in [0.4, 0.5) is 5.69 Å². The van der Waals surface area contributed by atoms with Gasteiger partial charge in [0.1, 0.15) is 0 Å². The van der Waals surface area contributed by atoms with E-state index < -0.39 is 0 Å². The fraction of sp³-hybridized carbons (Fsp3) is 0. The van der Waals surface area contributed by atoms with Crippen molar-refractivity contribution in [1.29, 1.82) is 0 Å². The predicted octanol–water partition coefficient (Wildman–Crippen LogP) is 5.93. The number of rotatable bonds is 2. The summed E-state index contributed by atoms with van der Waals surface area (Å²) >= 11 is 19.5. The number of pyridine rings is 1. The summed E-state index contributed by atoms with van der Waals surface area (Å²) in [6.45, 7) is 0. The van der Waals surface area contributed by atoms with E-state index in [9.17, 15) is 0 Å². The Bertz CT molecular complexity index is 562. The van der Waals surface area contributed by atoms with Gasteiger partial charge in [-0.15, -0.1) is 0 Å². The zero-order valence-electron chi connectivity index (χ0n) is 10.3. The van der Waals surface area contributed by atoms with Crippen molar-refractivity contribution < 1.29 is 17.3 Å². The summed E-state index contributed by atoms with van der Waals surface area (Å²) in [6.07, 6.45) is 3.31. The normalized spacial score (nSPS) is 9.60. The van der Waals surface area contributed by atoms with Gasteiger partial charge in [0.05, 0.1) is 32.7 Å². The van der Waals surface area contributed by atoms with E-state index in [0.29, 0.717) is 20.8 Å². The maximum atomic E-state index is 5.99. The fourth-order valence-corrected chi connectivity index (χ4v) is 1.79. The number of hydrogen-bond donors (Lipinski definition) is 0. The summed E-state index contributed by atoms with van der Waals surface area (Å²) in [5.41, 5.74) is 1.31. The Labute approximate surface area is 147 Å². The van der Waals surface area contributed by atoms with Gasteiger partial charge < -0.3 is 7.43 Å². The SMILES string of the molecule is Clc1cc(Cl)c(N=Cc2ccccn2)cc1Cl.[CH3-].[Cl][Ru+2]. The number of aromatic nitrogens is 1. The van der Waals surface area contributed by atoms with Crippen LogP contribution in [0.5, 0.6) is 0 Å². The molecule has 0 spiro atoms. The summed E-state index contributed by atoms with van der Waals surface area (Å²) in [4.78, 5) is 8.33. The first-order valence-corrected chi connectivity index (χ1v) is 8.27. The summed E-state index contributed by atoms with van der Waals surface area (Å²) < 4.78 is 0. The van der Waals surface area contributed by atoms with Crippen molar-refractivity contribution in [1.82, 2.24) is 4.98 Å². The van der Waals surface area contributed by atoms with Crippen molar-refractivity contribution in [2.75, 3.05) is 0 Å². The first-order chi connectivity index (χ1) is 9.16. The standard InChI is InChI=1S/C12H7Cl3N2.CH3.ClH.Ru/c13-9-5-11(15)12(6-10(9)14)17-7-8-3-1-2-4-16-8;;;/h1-7H;1H3;1H;/q;-1;;+3/p-1. The summed E-state index contributed by atoms with van der Waals surface area (Å²) in [6, 6.07) is 8.74. The molecule has 0 bridgehead atoms.